The van der Waals surface area contributed by atoms with E-state index in [1.54, 1.807) is 0 Å². The third-order valence-electron chi connectivity index (χ3n) is 3.27. The lowest BCUT2D eigenvalue weighted by Crippen LogP contribution is -2.09. The molecule has 0 saturated carbocycles. The SMILES string of the molecule is C[C@@H]1C(Br)=NO[C@H]1c1ccc(Oc2ccccc2)cc1. The van der Waals surface area contributed by atoms with Gasteiger partial charge in [0.05, 0.1) is 5.92 Å². The van der Waals surface area contributed by atoms with E-state index in [1.807, 2.05) is 54.6 Å². The summed E-state index contributed by atoms with van der Waals surface area (Å²) in [5.41, 5.74) is 1.09. The molecule has 1 aliphatic rings. The third kappa shape index (κ3) is 2.70. The smallest absolute Gasteiger partial charge is 0.161 e. The molecule has 0 aliphatic carbocycles. The van der Waals surface area contributed by atoms with Crippen molar-refractivity contribution < 1.29 is 9.57 Å². The zero-order valence-corrected chi connectivity index (χ0v) is 12.6. The first kappa shape index (κ1) is 13.2. The Labute approximate surface area is 126 Å². The summed E-state index contributed by atoms with van der Waals surface area (Å²) >= 11 is 3.40. The van der Waals surface area contributed by atoms with Crippen molar-refractivity contribution in [3.8, 4) is 11.5 Å². The second-order valence-corrected chi connectivity index (χ2v) is 5.53. The minimum Gasteiger partial charge on any atom is -0.457 e. The Morgan fingerprint density at radius 1 is 1.00 bits per heavy atom. The van der Waals surface area contributed by atoms with Gasteiger partial charge in [-0.3, -0.25) is 0 Å². The van der Waals surface area contributed by atoms with Gasteiger partial charge in [-0.15, -0.1) is 0 Å². The summed E-state index contributed by atoms with van der Waals surface area (Å²) in [6, 6.07) is 17.7. The fourth-order valence-corrected chi connectivity index (χ4v) is 2.43. The van der Waals surface area contributed by atoms with Gasteiger partial charge >= 0.3 is 0 Å². The molecular formula is C16H14BrNO2. The van der Waals surface area contributed by atoms with E-state index >= 15 is 0 Å². The number of rotatable bonds is 3. The van der Waals surface area contributed by atoms with E-state index in [0.29, 0.717) is 0 Å². The quantitative estimate of drug-likeness (QED) is 0.801. The van der Waals surface area contributed by atoms with Crippen molar-refractivity contribution in [2.75, 3.05) is 0 Å². The van der Waals surface area contributed by atoms with Gasteiger partial charge in [0.25, 0.3) is 0 Å². The predicted octanol–water partition coefficient (Wildman–Crippen LogP) is 4.89. The standard InChI is InChI=1S/C16H14BrNO2/c1-11-15(20-18-16(11)17)12-7-9-14(10-8-12)19-13-5-3-2-4-6-13/h2-11,15H,1H3/t11-,15+/m0/s1. The maximum atomic E-state index is 5.77. The fraction of sp³-hybridized carbons (Fsp3) is 0.188. The van der Waals surface area contributed by atoms with Crippen LogP contribution in [0.3, 0.4) is 0 Å². The van der Waals surface area contributed by atoms with Crippen molar-refractivity contribution >= 4 is 20.6 Å². The van der Waals surface area contributed by atoms with Crippen molar-refractivity contribution in [1.82, 2.24) is 0 Å². The Kier molecular flexibility index (Phi) is 3.74. The van der Waals surface area contributed by atoms with Gasteiger partial charge in [0.2, 0.25) is 0 Å². The summed E-state index contributed by atoms with van der Waals surface area (Å²) < 4.78 is 6.62. The minimum atomic E-state index is -0.0323. The van der Waals surface area contributed by atoms with Crippen LogP contribution < -0.4 is 4.74 Å². The fourth-order valence-electron chi connectivity index (χ4n) is 2.11. The van der Waals surface area contributed by atoms with E-state index in [9.17, 15) is 0 Å². The van der Waals surface area contributed by atoms with Gasteiger partial charge in [0.15, 0.2) is 6.10 Å². The highest BCUT2D eigenvalue weighted by molar-refractivity contribution is 9.18. The van der Waals surface area contributed by atoms with E-state index in [2.05, 4.69) is 28.0 Å². The summed E-state index contributed by atoms with van der Waals surface area (Å²) in [6.45, 7) is 2.08. The van der Waals surface area contributed by atoms with E-state index < -0.39 is 0 Å². The van der Waals surface area contributed by atoms with Crippen LogP contribution in [0.4, 0.5) is 0 Å². The van der Waals surface area contributed by atoms with Crippen molar-refractivity contribution in [2.45, 2.75) is 13.0 Å². The highest BCUT2D eigenvalue weighted by Crippen LogP contribution is 2.35. The number of nitrogens with zero attached hydrogens (tertiary/aromatic N) is 1. The largest absolute Gasteiger partial charge is 0.457 e. The zero-order valence-electron chi connectivity index (χ0n) is 11.0. The molecule has 0 aromatic heterocycles. The normalized spacial score (nSPS) is 21.2. The van der Waals surface area contributed by atoms with E-state index in [0.717, 1.165) is 21.7 Å². The van der Waals surface area contributed by atoms with Crippen LogP contribution in [0.15, 0.2) is 59.8 Å². The van der Waals surface area contributed by atoms with Crippen LogP contribution in [0.1, 0.15) is 18.6 Å². The van der Waals surface area contributed by atoms with E-state index in [1.165, 1.54) is 0 Å². The molecule has 1 aliphatic heterocycles. The molecule has 0 bridgehead atoms. The molecule has 2 aromatic rings. The maximum absolute atomic E-state index is 5.77. The highest BCUT2D eigenvalue weighted by atomic mass is 79.9. The molecule has 1 heterocycles. The number of benzene rings is 2. The molecule has 4 heteroatoms. The number of hydrogen-bond donors (Lipinski definition) is 0. The number of halogens is 1. The lowest BCUT2D eigenvalue weighted by molar-refractivity contribution is 0.0653. The van der Waals surface area contributed by atoms with Crippen molar-refractivity contribution in [2.24, 2.45) is 11.1 Å². The molecule has 102 valence electrons. The molecule has 3 rings (SSSR count). The van der Waals surface area contributed by atoms with Crippen LogP contribution in [0, 0.1) is 5.92 Å². The van der Waals surface area contributed by atoms with Gasteiger partial charge in [-0.05, 0) is 45.8 Å². The topological polar surface area (TPSA) is 30.8 Å². The Morgan fingerprint density at radius 3 is 2.25 bits per heavy atom. The van der Waals surface area contributed by atoms with Crippen molar-refractivity contribution in [3.05, 3.63) is 60.2 Å². The number of oxime groups is 1. The molecule has 2 aromatic carbocycles. The molecule has 20 heavy (non-hydrogen) atoms. The van der Waals surface area contributed by atoms with Gasteiger partial charge in [-0.2, -0.15) is 0 Å². The van der Waals surface area contributed by atoms with Crippen LogP contribution in [0.5, 0.6) is 11.5 Å². The van der Waals surface area contributed by atoms with Crippen LogP contribution in [0.2, 0.25) is 0 Å². The van der Waals surface area contributed by atoms with Crippen LogP contribution in [-0.4, -0.2) is 4.62 Å². The molecule has 0 amide bonds. The first-order valence-corrected chi connectivity index (χ1v) is 7.25. The Hall–Kier alpha value is -1.81. The maximum Gasteiger partial charge on any atom is 0.161 e. The second kappa shape index (κ2) is 5.67. The average Bonchev–Trinajstić information content (AvgIpc) is 2.81. The molecule has 3 nitrogen and oxygen atoms in total. The first-order chi connectivity index (χ1) is 9.74. The molecule has 0 spiro atoms. The Morgan fingerprint density at radius 2 is 1.65 bits per heavy atom. The van der Waals surface area contributed by atoms with E-state index in [4.69, 9.17) is 9.57 Å². The molecule has 0 fully saturated rings. The Bertz CT molecular complexity index is 610. The van der Waals surface area contributed by atoms with Gasteiger partial charge in [0, 0.05) is 0 Å². The van der Waals surface area contributed by atoms with Crippen molar-refractivity contribution in [1.29, 1.82) is 0 Å². The molecular weight excluding hydrogens is 318 g/mol. The van der Waals surface area contributed by atoms with Gasteiger partial charge in [-0.1, -0.05) is 42.4 Å². The summed E-state index contributed by atoms with van der Waals surface area (Å²) in [7, 11) is 0. The lowest BCUT2D eigenvalue weighted by atomic mass is 9.99. The molecule has 2 atom stereocenters. The predicted molar refractivity (Wildman–Crippen MR) is 82.3 cm³/mol. The molecule has 0 unspecified atom stereocenters. The van der Waals surface area contributed by atoms with Crippen molar-refractivity contribution in [3.63, 3.8) is 0 Å². The van der Waals surface area contributed by atoms with Gasteiger partial charge in [-0.25, -0.2) is 0 Å². The van der Waals surface area contributed by atoms with Gasteiger partial charge in [0.1, 0.15) is 16.1 Å². The molecule has 0 N–H and O–H groups in total. The summed E-state index contributed by atoms with van der Waals surface area (Å²) in [4.78, 5) is 5.42. The van der Waals surface area contributed by atoms with Crippen LogP contribution in [0.25, 0.3) is 0 Å². The summed E-state index contributed by atoms with van der Waals surface area (Å²) in [5, 5.41) is 3.97. The summed E-state index contributed by atoms with van der Waals surface area (Å²) in [5.74, 6) is 1.87. The van der Waals surface area contributed by atoms with Crippen LogP contribution >= 0.6 is 15.9 Å². The number of ether oxygens (including phenoxy) is 1. The minimum absolute atomic E-state index is 0.0323. The average molecular weight is 332 g/mol. The summed E-state index contributed by atoms with van der Waals surface area (Å²) in [6.07, 6.45) is -0.0323. The highest BCUT2D eigenvalue weighted by Gasteiger charge is 2.30. The lowest BCUT2D eigenvalue weighted by Gasteiger charge is -2.14. The number of hydrogen-bond acceptors (Lipinski definition) is 3. The third-order valence-corrected chi connectivity index (χ3v) is 4.14. The Balaban J connectivity index is 1.72. The molecule has 0 radical (unpaired) electrons. The van der Waals surface area contributed by atoms with Gasteiger partial charge < -0.3 is 9.57 Å². The number of para-hydroxylation sites is 1. The first-order valence-electron chi connectivity index (χ1n) is 6.46. The molecule has 0 saturated heterocycles. The van der Waals surface area contributed by atoms with E-state index in [-0.39, 0.29) is 12.0 Å². The zero-order chi connectivity index (χ0) is 13.9. The monoisotopic (exact) mass is 331 g/mol. The second-order valence-electron chi connectivity index (χ2n) is 4.71. The van der Waals surface area contributed by atoms with Crippen LogP contribution in [-0.2, 0) is 4.84 Å².